The number of rotatable bonds is 5. The summed E-state index contributed by atoms with van der Waals surface area (Å²) in [7, 11) is 0. The number of para-hydroxylation sites is 1. The molecule has 0 unspecified atom stereocenters. The first kappa shape index (κ1) is 17.9. The first-order valence-corrected chi connectivity index (χ1v) is 8.27. The summed E-state index contributed by atoms with van der Waals surface area (Å²) in [5.74, 6) is -0.937. The Kier molecular flexibility index (Phi) is 5.18. The van der Waals surface area contributed by atoms with Crippen LogP contribution in [0.25, 0.3) is 5.69 Å². The number of amides is 1. The molecule has 2 aromatic carbocycles. The van der Waals surface area contributed by atoms with Crippen LogP contribution in [0.3, 0.4) is 0 Å². The first-order chi connectivity index (χ1) is 12.5. The molecular weight excluding hydrogens is 359 g/mol. The fourth-order valence-electron chi connectivity index (χ4n) is 2.50. The molecule has 0 saturated carbocycles. The van der Waals surface area contributed by atoms with Gasteiger partial charge < -0.3 is 5.32 Å². The number of halogens is 2. The van der Waals surface area contributed by atoms with Gasteiger partial charge in [0, 0.05) is 0 Å². The smallest absolute Gasteiger partial charge is 0.348 e. The molecule has 1 atom stereocenters. The molecule has 26 heavy (non-hydrogen) atoms. The monoisotopic (exact) mass is 374 g/mol. The Labute approximate surface area is 153 Å². The molecule has 0 fully saturated rings. The van der Waals surface area contributed by atoms with E-state index in [4.69, 9.17) is 11.6 Å². The molecule has 0 radical (unpaired) electrons. The van der Waals surface area contributed by atoms with Crippen molar-refractivity contribution in [2.24, 2.45) is 0 Å². The summed E-state index contributed by atoms with van der Waals surface area (Å²) in [6, 6.07) is 12.8. The van der Waals surface area contributed by atoms with Crippen LogP contribution in [0, 0.1) is 5.82 Å². The second kappa shape index (κ2) is 7.53. The summed E-state index contributed by atoms with van der Waals surface area (Å²) in [5.41, 5.74) is 0.769. The summed E-state index contributed by atoms with van der Waals surface area (Å²) in [4.78, 5) is 24.6. The average molecular weight is 375 g/mol. The molecule has 0 aliphatic rings. The predicted molar refractivity (Wildman–Crippen MR) is 95.8 cm³/mol. The zero-order chi connectivity index (χ0) is 18.7. The Bertz CT molecular complexity index is 984. The van der Waals surface area contributed by atoms with Crippen molar-refractivity contribution in [3.63, 3.8) is 0 Å². The molecule has 1 aromatic heterocycles. The Balaban J connectivity index is 1.70. The van der Waals surface area contributed by atoms with Gasteiger partial charge in [-0.2, -0.15) is 9.78 Å². The molecule has 0 saturated heterocycles. The Morgan fingerprint density at radius 1 is 1.27 bits per heavy atom. The van der Waals surface area contributed by atoms with Crippen molar-refractivity contribution in [3.8, 4) is 5.69 Å². The third-order valence-corrected chi connectivity index (χ3v) is 4.18. The van der Waals surface area contributed by atoms with E-state index in [0.29, 0.717) is 11.3 Å². The lowest BCUT2D eigenvalue weighted by Gasteiger charge is -2.14. The van der Waals surface area contributed by atoms with Gasteiger partial charge in [0.1, 0.15) is 18.7 Å². The van der Waals surface area contributed by atoms with Gasteiger partial charge in [-0.15, -0.1) is 0 Å². The SMILES string of the molecule is C[C@H](NC(=O)Cn1cnn(-c2ccccc2)c1=O)c1ccc(Cl)c(F)c1. The molecule has 1 heterocycles. The Hall–Kier alpha value is -2.93. The lowest BCUT2D eigenvalue weighted by molar-refractivity contribution is -0.122. The summed E-state index contributed by atoms with van der Waals surface area (Å²) >= 11 is 5.66. The molecule has 0 aliphatic carbocycles. The highest BCUT2D eigenvalue weighted by Crippen LogP contribution is 2.20. The van der Waals surface area contributed by atoms with Crippen molar-refractivity contribution < 1.29 is 9.18 Å². The third-order valence-electron chi connectivity index (χ3n) is 3.87. The fourth-order valence-corrected chi connectivity index (χ4v) is 2.61. The maximum absolute atomic E-state index is 13.5. The van der Waals surface area contributed by atoms with E-state index >= 15 is 0 Å². The zero-order valence-corrected chi connectivity index (χ0v) is 14.7. The van der Waals surface area contributed by atoms with Gasteiger partial charge in [-0.25, -0.2) is 9.18 Å². The van der Waals surface area contributed by atoms with E-state index < -0.39 is 17.5 Å². The van der Waals surface area contributed by atoms with Gasteiger partial charge in [0.15, 0.2) is 0 Å². The zero-order valence-electron chi connectivity index (χ0n) is 13.9. The van der Waals surface area contributed by atoms with Crippen LogP contribution in [-0.2, 0) is 11.3 Å². The van der Waals surface area contributed by atoms with E-state index in [0.717, 1.165) is 0 Å². The third kappa shape index (κ3) is 3.83. The lowest BCUT2D eigenvalue weighted by Crippen LogP contribution is -2.34. The van der Waals surface area contributed by atoms with Gasteiger partial charge in [0.2, 0.25) is 5.91 Å². The van der Waals surface area contributed by atoms with Crippen LogP contribution >= 0.6 is 11.6 Å². The number of nitrogens with one attached hydrogen (secondary N) is 1. The van der Waals surface area contributed by atoms with Gasteiger partial charge in [0.25, 0.3) is 0 Å². The molecule has 0 spiro atoms. The first-order valence-electron chi connectivity index (χ1n) is 7.90. The van der Waals surface area contributed by atoms with Crippen LogP contribution in [0.4, 0.5) is 4.39 Å². The van der Waals surface area contributed by atoms with E-state index in [2.05, 4.69) is 10.4 Å². The second-order valence-corrected chi connectivity index (χ2v) is 6.16. The molecule has 3 rings (SSSR count). The maximum atomic E-state index is 13.5. The standard InChI is InChI=1S/C18H16ClFN4O2/c1-12(13-7-8-15(19)16(20)9-13)22-17(25)10-23-11-21-24(18(23)26)14-5-3-2-4-6-14/h2-9,11-12H,10H2,1H3,(H,22,25)/t12-/m0/s1. The van der Waals surface area contributed by atoms with Crippen molar-refractivity contribution in [3.05, 3.63) is 81.7 Å². The Morgan fingerprint density at radius 3 is 2.69 bits per heavy atom. The molecule has 0 bridgehead atoms. The van der Waals surface area contributed by atoms with E-state index in [9.17, 15) is 14.0 Å². The summed E-state index contributed by atoms with van der Waals surface area (Å²) in [6.07, 6.45) is 1.31. The van der Waals surface area contributed by atoms with Crippen molar-refractivity contribution in [2.45, 2.75) is 19.5 Å². The number of aromatic nitrogens is 3. The predicted octanol–water partition coefficient (Wildman–Crippen LogP) is 2.70. The van der Waals surface area contributed by atoms with E-state index in [1.807, 2.05) is 6.07 Å². The van der Waals surface area contributed by atoms with Gasteiger partial charge in [0.05, 0.1) is 16.8 Å². The van der Waals surface area contributed by atoms with Crippen molar-refractivity contribution >= 4 is 17.5 Å². The number of hydrogen-bond acceptors (Lipinski definition) is 3. The number of carbonyl (C=O) groups is 1. The highest BCUT2D eigenvalue weighted by Gasteiger charge is 2.14. The largest absolute Gasteiger partial charge is 0.350 e. The fraction of sp³-hybridized carbons (Fsp3) is 0.167. The molecule has 3 aromatic rings. The van der Waals surface area contributed by atoms with Gasteiger partial charge in [-0.05, 0) is 36.8 Å². The van der Waals surface area contributed by atoms with Crippen molar-refractivity contribution in [2.75, 3.05) is 0 Å². The van der Waals surface area contributed by atoms with Crippen LogP contribution in [0.2, 0.25) is 5.02 Å². The number of carbonyl (C=O) groups excluding carboxylic acids is 1. The normalized spacial score (nSPS) is 12.0. The van der Waals surface area contributed by atoms with Gasteiger partial charge in [-0.3, -0.25) is 9.36 Å². The van der Waals surface area contributed by atoms with Crippen LogP contribution in [0.1, 0.15) is 18.5 Å². The highest BCUT2D eigenvalue weighted by molar-refractivity contribution is 6.30. The number of hydrogen-bond donors (Lipinski definition) is 1. The lowest BCUT2D eigenvalue weighted by atomic mass is 10.1. The second-order valence-electron chi connectivity index (χ2n) is 5.75. The van der Waals surface area contributed by atoms with Crippen molar-refractivity contribution in [1.82, 2.24) is 19.7 Å². The quantitative estimate of drug-likeness (QED) is 0.746. The molecule has 1 amide bonds. The highest BCUT2D eigenvalue weighted by atomic mass is 35.5. The van der Waals surface area contributed by atoms with Crippen LogP contribution in [-0.4, -0.2) is 20.3 Å². The number of benzene rings is 2. The minimum Gasteiger partial charge on any atom is -0.348 e. The number of nitrogens with zero attached hydrogens (tertiary/aromatic N) is 3. The van der Waals surface area contributed by atoms with Crippen LogP contribution in [0.5, 0.6) is 0 Å². The summed E-state index contributed by atoms with van der Waals surface area (Å²) in [6.45, 7) is 1.53. The molecule has 8 heteroatoms. The minimum atomic E-state index is -0.550. The molecule has 0 aliphatic heterocycles. The molecule has 134 valence electrons. The molecule has 6 nitrogen and oxygen atoms in total. The maximum Gasteiger partial charge on any atom is 0.350 e. The van der Waals surface area contributed by atoms with Gasteiger partial charge in [-0.1, -0.05) is 35.9 Å². The van der Waals surface area contributed by atoms with Gasteiger partial charge >= 0.3 is 5.69 Å². The minimum absolute atomic E-state index is 0.0205. The average Bonchev–Trinajstić information content (AvgIpc) is 2.98. The summed E-state index contributed by atoms with van der Waals surface area (Å²) in [5, 5.41) is 6.76. The Morgan fingerprint density at radius 2 is 2.00 bits per heavy atom. The topological polar surface area (TPSA) is 68.9 Å². The molecule has 1 N–H and O–H groups in total. The van der Waals surface area contributed by atoms with Crippen molar-refractivity contribution in [1.29, 1.82) is 0 Å². The summed E-state index contributed by atoms with van der Waals surface area (Å²) < 4.78 is 16.0. The molecular formula is C18H16ClFN4O2. The van der Waals surface area contributed by atoms with Crippen LogP contribution in [0.15, 0.2) is 59.7 Å². The van der Waals surface area contributed by atoms with Crippen LogP contribution < -0.4 is 11.0 Å². The van der Waals surface area contributed by atoms with E-state index in [1.165, 1.54) is 27.7 Å². The van der Waals surface area contributed by atoms with E-state index in [1.54, 1.807) is 37.3 Å². The van der Waals surface area contributed by atoms with E-state index in [-0.39, 0.29) is 17.5 Å².